The van der Waals surface area contributed by atoms with Crippen molar-refractivity contribution in [3.05, 3.63) is 137 Å². The second kappa shape index (κ2) is 12.1. The van der Waals surface area contributed by atoms with Crippen LogP contribution in [0.1, 0.15) is 46.1 Å². The summed E-state index contributed by atoms with van der Waals surface area (Å²) in [5.74, 6) is -0.939. The van der Waals surface area contributed by atoms with Crippen molar-refractivity contribution in [2.45, 2.75) is 30.8 Å². The molecule has 0 unspecified atom stereocenters. The van der Waals surface area contributed by atoms with Crippen molar-refractivity contribution in [2.24, 2.45) is 0 Å². The summed E-state index contributed by atoms with van der Waals surface area (Å²) in [7, 11) is 0. The number of carbonyl (C=O) groups is 2. The minimum absolute atomic E-state index is 0.0942. The normalized spacial score (nSPS) is 13.5. The number of fused-ring (bicyclic) bond motifs is 3. The Morgan fingerprint density at radius 3 is 1.93 bits per heavy atom. The minimum atomic E-state index is -1.08. The van der Waals surface area contributed by atoms with Gasteiger partial charge in [0.2, 0.25) is 0 Å². The van der Waals surface area contributed by atoms with Crippen LogP contribution < -0.4 is 5.32 Å². The van der Waals surface area contributed by atoms with Crippen molar-refractivity contribution >= 4 is 12.1 Å². The van der Waals surface area contributed by atoms with Crippen molar-refractivity contribution in [1.82, 2.24) is 25.5 Å². The maximum Gasteiger partial charge on any atom is 0.407 e. The Morgan fingerprint density at radius 2 is 1.33 bits per heavy atom. The molecule has 5 aromatic rings. The van der Waals surface area contributed by atoms with Crippen LogP contribution >= 0.6 is 0 Å². The highest BCUT2D eigenvalue weighted by atomic mass is 16.5. The van der Waals surface area contributed by atoms with Crippen LogP contribution in [0.5, 0.6) is 0 Å². The van der Waals surface area contributed by atoms with Gasteiger partial charge >= 0.3 is 12.1 Å². The lowest BCUT2D eigenvalue weighted by Gasteiger charge is -2.22. The second-order valence-corrected chi connectivity index (χ2v) is 10.2. The summed E-state index contributed by atoms with van der Waals surface area (Å²) in [5.41, 5.74) is 6.26. The molecule has 42 heavy (non-hydrogen) atoms. The monoisotopic (exact) mass is 559 g/mol. The molecule has 1 aliphatic carbocycles. The average Bonchev–Trinajstić information content (AvgIpc) is 3.63. The topological polar surface area (TPSA) is 119 Å². The van der Waals surface area contributed by atoms with E-state index in [4.69, 9.17) is 4.74 Å². The van der Waals surface area contributed by atoms with Gasteiger partial charge in [-0.15, -0.1) is 5.10 Å². The Balaban J connectivity index is 1.24. The summed E-state index contributed by atoms with van der Waals surface area (Å²) in [4.78, 5) is 25.7. The number of rotatable bonds is 10. The average molecular weight is 560 g/mol. The van der Waals surface area contributed by atoms with E-state index in [-0.39, 0.29) is 24.8 Å². The van der Waals surface area contributed by atoms with E-state index < -0.39 is 24.1 Å². The van der Waals surface area contributed by atoms with E-state index in [2.05, 4.69) is 45.1 Å². The molecule has 210 valence electrons. The number of tetrazole rings is 1. The van der Waals surface area contributed by atoms with E-state index in [0.29, 0.717) is 6.42 Å². The van der Waals surface area contributed by atoms with E-state index in [0.717, 1.165) is 33.4 Å². The van der Waals surface area contributed by atoms with Crippen molar-refractivity contribution < 1.29 is 19.4 Å². The molecular formula is C33H29N5O4. The fourth-order valence-corrected chi connectivity index (χ4v) is 5.61. The number of nitrogens with one attached hydrogen (secondary N) is 1. The molecule has 1 aromatic heterocycles. The molecule has 1 heterocycles. The first-order valence-corrected chi connectivity index (χ1v) is 13.8. The van der Waals surface area contributed by atoms with Crippen molar-refractivity contribution in [3.63, 3.8) is 0 Å². The Hall–Kier alpha value is -5.31. The van der Waals surface area contributed by atoms with Gasteiger partial charge in [-0.05, 0) is 43.8 Å². The van der Waals surface area contributed by atoms with Gasteiger partial charge < -0.3 is 15.2 Å². The molecule has 9 heteroatoms. The molecule has 0 fully saturated rings. The van der Waals surface area contributed by atoms with Gasteiger partial charge in [0.25, 0.3) is 0 Å². The molecule has 4 aromatic carbocycles. The second-order valence-electron chi connectivity index (χ2n) is 10.2. The molecule has 2 atom stereocenters. The number of ether oxygens (including phenoxy) is 1. The summed E-state index contributed by atoms with van der Waals surface area (Å²) in [6, 6.07) is 33.3. The standard InChI is InChI=1S/C33H29N5O4/c39-32(40)30(20-23-13-5-2-6-14-23)38-31(35-36-37-38)29(19-22-11-3-1-4-12-22)34-33(41)42-21-28-26-17-9-7-15-24(26)25-16-8-10-18-27(25)28/h1-18,28-30H,19-21H2,(H,34,41)(H,39,40)/t29-,30-/m0/s1. The van der Waals surface area contributed by atoms with Gasteiger partial charge in [-0.1, -0.05) is 109 Å². The number of aromatic nitrogens is 4. The largest absolute Gasteiger partial charge is 0.480 e. The van der Waals surface area contributed by atoms with Crippen LogP contribution in [0.25, 0.3) is 11.1 Å². The van der Waals surface area contributed by atoms with Gasteiger partial charge in [0.05, 0.1) is 6.04 Å². The van der Waals surface area contributed by atoms with Crippen molar-refractivity contribution in [1.29, 1.82) is 0 Å². The van der Waals surface area contributed by atoms with Crippen LogP contribution in [-0.2, 0) is 22.4 Å². The Labute approximate surface area is 242 Å². The lowest BCUT2D eigenvalue weighted by molar-refractivity contribution is -0.141. The van der Waals surface area contributed by atoms with Gasteiger partial charge in [0.1, 0.15) is 6.61 Å². The lowest BCUT2D eigenvalue weighted by Crippen LogP contribution is -2.35. The Morgan fingerprint density at radius 1 is 0.786 bits per heavy atom. The summed E-state index contributed by atoms with van der Waals surface area (Å²) in [6.07, 6.45) is -0.123. The van der Waals surface area contributed by atoms with Gasteiger partial charge in [-0.3, -0.25) is 0 Å². The minimum Gasteiger partial charge on any atom is -0.480 e. The fourth-order valence-electron chi connectivity index (χ4n) is 5.61. The predicted octanol–water partition coefficient (Wildman–Crippen LogP) is 5.36. The van der Waals surface area contributed by atoms with Gasteiger partial charge in [-0.2, -0.15) is 0 Å². The van der Waals surface area contributed by atoms with E-state index >= 15 is 0 Å². The highest BCUT2D eigenvalue weighted by Crippen LogP contribution is 2.44. The summed E-state index contributed by atoms with van der Waals surface area (Å²) < 4.78 is 7.09. The first kappa shape index (κ1) is 26.9. The maximum atomic E-state index is 13.3. The third-order valence-electron chi connectivity index (χ3n) is 7.60. The molecule has 6 rings (SSSR count). The van der Waals surface area contributed by atoms with E-state index in [1.54, 1.807) is 0 Å². The van der Waals surface area contributed by atoms with E-state index in [1.807, 2.05) is 84.9 Å². The van der Waals surface area contributed by atoms with Gasteiger partial charge in [0.15, 0.2) is 11.9 Å². The molecule has 0 spiro atoms. The summed E-state index contributed by atoms with van der Waals surface area (Å²) >= 11 is 0. The fraction of sp³-hybridized carbons (Fsp3) is 0.182. The Bertz CT molecular complexity index is 1640. The number of benzene rings is 4. The molecule has 0 aliphatic heterocycles. The van der Waals surface area contributed by atoms with Crippen molar-refractivity contribution in [3.8, 4) is 11.1 Å². The van der Waals surface area contributed by atoms with Crippen molar-refractivity contribution in [2.75, 3.05) is 6.61 Å². The number of alkyl carbamates (subject to hydrolysis) is 1. The van der Waals surface area contributed by atoms with Crippen LogP contribution in [0.4, 0.5) is 4.79 Å². The number of aliphatic carboxylic acids is 1. The van der Waals surface area contributed by atoms with Crippen LogP contribution in [0.15, 0.2) is 109 Å². The van der Waals surface area contributed by atoms with Gasteiger partial charge in [-0.25, -0.2) is 14.3 Å². The molecule has 1 aliphatic rings. The zero-order valence-corrected chi connectivity index (χ0v) is 22.7. The lowest BCUT2D eigenvalue weighted by atomic mass is 9.98. The van der Waals surface area contributed by atoms with Crippen LogP contribution in [0, 0.1) is 0 Å². The predicted molar refractivity (Wildman–Crippen MR) is 156 cm³/mol. The smallest absolute Gasteiger partial charge is 0.407 e. The first-order chi connectivity index (χ1) is 20.6. The molecule has 2 N–H and O–H groups in total. The number of carboxylic acid groups (broad SMARTS) is 1. The maximum absolute atomic E-state index is 13.3. The van der Waals surface area contributed by atoms with Crippen LogP contribution in [-0.4, -0.2) is 44.0 Å². The third kappa shape index (κ3) is 5.62. The number of hydrogen-bond donors (Lipinski definition) is 2. The number of hydrogen-bond acceptors (Lipinski definition) is 6. The third-order valence-corrected chi connectivity index (χ3v) is 7.60. The summed E-state index contributed by atoms with van der Waals surface area (Å²) in [5, 5.41) is 25.1. The van der Waals surface area contributed by atoms with E-state index in [9.17, 15) is 14.7 Å². The quantitative estimate of drug-likeness (QED) is 0.236. The molecule has 0 saturated heterocycles. The molecule has 0 bridgehead atoms. The zero-order valence-electron chi connectivity index (χ0n) is 22.7. The molecule has 9 nitrogen and oxygen atoms in total. The van der Waals surface area contributed by atoms with Crippen LogP contribution in [0.3, 0.4) is 0 Å². The molecular weight excluding hydrogens is 530 g/mol. The van der Waals surface area contributed by atoms with Crippen LogP contribution in [0.2, 0.25) is 0 Å². The molecule has 1 amide bonds. The highest BCUT2D eigenvalue weighted by Gasteiger charge is 2.32. The number of carbonyl (C=O) groups excluding carboxylic acids is 1. The highest BCUT2D eigenvalue weighted by molar-refractivity contribution is 5.79. The summed E-state index contributed by atoms with van der Waals surface area (Å²) in [6.45, 7) is 0.147. The molecule has 0 saturated carbocycles. The van der Waals surface area contributed by atoms with E-state index in [1.165, 1.54) is 4.68 Å². The van der Waals surface area contributed by atoms with Gasteiger partial charge in [0, 0.05) is 18.8 Å². The first-order valence-electron chi connectivity index (χ1n) is 13.8. The number of carboxylic acids is 1. The Kier molecular flexibility index (Phi) is 7.72. The number of amides is 1. The SMILES string of the molecule is O=C(N[C@@H](Cc1ccccc1)c1nnnn1[C@@H](Cc1ccccc1)C(=O)O)OCC1c2ccccc2-c2ccccc21. The molecule has 0 radical (unpaired) electrons. The number of nitrogens with zero attached hydrogens (tertiary/aromatic N) is 4. The zero-order chi connectivity index (χ0) is 28.9.